The van der Waals surface area contributed by atoms with Crippen molar-refractivity contribution in [2.24, 2.45) is 0 Å². The van der Waals surface area contributed by atoms with Gasteiger partial charge in [-0.3, -0.25) is 10.0 Å². The molecule has 32 heavy (non-hydrogen) atoms. The number of nitrogens with zero attached hydrogens (tertiary/aromatic N) is 2. The molecule has 2 aromatic rings. The lowest BCUT2D eigenvalue weighted by Gasteiger charge is -2.30. The molecule has 1 atom stereocenters. The number of carbonyl (C=O) groups is 1. The second kappa shape index (κ2) is 13.4. The molecule has 1 amide bonds. The van der Waals surface area contributed by atoms with Crippen LogP contribution in [-0.4, -0.2) is 62.5 Å². The Balaban J connectivity index is 0.00000512. The molecule has 10 heteroatoms. The summed E-state index contributed by atoms with van der Waals surface area (Å²) in [6.07, 6.45) is 1.70. The van der Waals surface area contributed by atoms with Gasteiger partial charge in [0.25, 0.3) is 5.91 Å². The van der Waals surface area contributed by atoms with E-state index in [4.69, 9.17) is 4.74 Å². The van der Waals surface area contributed by atoms with Crippen molar-refractivity contribution in [3.8, 4) is 5.75 Å². The minimum atomic E-state index is -4.04. The molecule has 0 saturated carbocycles. The van der Waals surface area contributed by atoms with Crippen LogP contribution in [0.2, 0.25) is 0 Å². The van der Waals surface area contributed by atoms with Crippen molar-refractivity contribution in [3.63, 3.8) is 0 Å². The van der Waals surface area contributed by atoms with Crippen LogP contribution in [0.5, 0.6) is 5.75 Å². The van der Waals surface area contributed by atoms with Crippen LogP contribution in [0.4, 0.5) is 0 Å². The van der Waals surface area contributed by atoms with Crippen molar-refractivity contribution < 1.29 is 23.2 Å². The second-order valence-electron chi connectivity index (χ2n) is 7.50. The van der Waals surface area contributed by atoms with E-state index in [1.807, 2.05) is 37.2 Å². The Bertz CT molecular complexity index is 924. The summed E-state index contributed by atoms with van der Waals surface area (Å²) in [6, 6.07) is 14.0. The highest BCUT2D eigenvalue weighted by molar-refractivity contribution is 7.89. The summed E-state index contributed by atoms with van der Waals surface area (Å²) in [6.45, 7) is 0.818. The molecule has 0 bridgehead atoms. The largest absolute Gasteiger partial charge is 0.497 e. The summed E-state index contributed by atoms with van der Waals surface area (Å²) in [7, 11) is 1.37. The number of methoxy groups -OCH3 is 1. The number of nitrogens with one attached hydrogen (secondary N) is 1. The standard InChI is InChI=1S/C22H31N3O5S.ClH/c1-24(2)16-8-7-11-21(22(26)23-27)25(17-18-9-5-4-6-10-18)31(28,29)20-14-12-19(30-3)13-15-20;/h4-6,9-10,12-15,21,27H,7-8,11,16-17H2,1-3H3,(H,23,26);1H/t21-;/m1./s1. The number of halogens is 1. The Labute approximate surface area is 196 Å². The van der Waals surface area contributed by atoms with Crippen molar-refractivity contribution >= 4 is 28.3 Å². The van der Waals surface area contributed by atoms with Crippen LogP contribution in [0.15, 0.2) is 59.5 Å². The van der Waals surface area contributed by atoms with E-state index in [2.05, 4.69) is 0 Å². The van der Waals surface area contributed by atoms with Crippen molar-refractivity contribution in [2.75, 3.05) is 27.7 Å². The van der Waals surface area contributed by atoms with E-state index in [1.54, 1.807) is 29.7 Å². The molecular formula is C22H32ClN3O5S. The van der Waals surface area contributed by atoms with Crippen LogP contribution in [-0.2, 0) is 21.4 Å². The Morgan fingerprint density at radius 1 is 1.06 bits per heavy atom. The highest BCUT2D eigenvalue weighted by Crippen LogP contribution is 2.25. The zero-order valence-corrected chi connectivity index (χ0v) is 20.2. The lowest BCUT2D eigenvalue weighted by molar-refractivity contribution is -0.133. The summed E-state index contributed by atoms with van der Waals surface area (Å²) in [5.74, 6) is -0.222. The molecule has 178 valence electrons. The fraction of sp³-hybridized carbons (Fsp3) is 0.409. The number of carbonyl (C=O) groups excluding carboxylic acids is 1. The van der Waals surface area contributed by atoms with Crippen LogP contribution in [0.25, 0.3) is 0 Å². The van der Waals surface area contributed by atoms with Crippen molar-refractivity contribution in [1.82, 2.24) is 14.7 Å². The van der Waals surface area contributed by atoms with E-state index in [1.165, 1.54) is 19.2 Å². The number of sulfonamides is 1. The minimum Gasteiger partial charge on any atom is -0.497 e. The van der Waals surface area contributed by atoms with Gasteiger partial charge in [0.2, 0.25) is 10.0 Å². The average molecular weight is 486 g/mol. The van der Waals surface area contributed by atoms with E-state index in [-0.39, 0.29) is 30.3 Å². The number of amides is 1. The lowest BCUT2D eigenvalue weighted by Crippen LogP contribution is -2.48. The van der Waals surface area contributed by atoms with Gasteiger partial charge in [-0.1, -0.05) is 36.8 Å². The molecule has 0 radical (unpaired) electrons. The summed E-state index contributed by atoms with van der Waals surface area (Å²) >= 11 is 0. The monoisotopic (exact) mass is 485 g/mol. The molecule has 0 aliphatic rings. The average Bonchev–Trinajstić information content (AvgIpc) is 2.78. The topological polar surface area (TPSA) is 99.2 Å². The first-order chi connectivity index (χ1) is 14.8. The molecule has 0 aliphatic heterocycles. The highest BCUT2D eigenvalue weighted by Gasteiger charge is 2.35. The maximum absolute atomic E-state index is 13.6. The van der Waals surface area contributed by atoms with E-state index in [0.717, 1.165) is 22.8 Å². The smallest absolute Gasteiger partial charge is 0.261 e. The molecule has 0 unspecified atom stereocenters. The molecule has 0 aliphatic carbocycles. The number of benzene rings is 2. The number of unbranched alkanes of at least 4 members (excludes halogenated alkanes) is 1. The molecule has 0 aromatic heterocycles. The number of ether oxygens (including phenoxy) is 1. The first-order valence-electron chi connectivity index (χ1n) is 10.1. The third kappa shape index (κ3) is 7.75. The van der Waals surface area contributed by atoms with Gasteiger partial charge in [-0.15, -0.1) is 12.4 Å². The Hall–Kier alpha value is -2.17. The summed E-state index contributed by atoms with van der Waals surface area (Å²) in [4.78, 5) is 14.6. The first-order valence-corrected chi connectivity index (χ1v) is 11.5. The normalized spacial score (nSPS) is 12.3. The lowest BCUT2D eigenvalue weighted by atomic mass is 10.1. The molecule has 0 heterocycles. The van der Waals surface area contributed by atoms with Crippen LogP contribution >= 0.6 is 12.4 Å². The molecule has 8 nitrogen and oxygen atoms in total. The van der Waals surface area contributed by atoms with E-state index in [9.17, 15) is 18.4 Å². The molecule has 0 fully saturated rings. The number of hydrogen-bond donors (Lipinski definition) is 2. The van der Waals surface area contributed by atoms with Crippen LogP contribution in [0.3, 0.4) is 0 Å². The van der Waals surface area contributed by atoms with E-state index in [0.29, 0.717) is 12.2 Å². The maximum atomic E-state index is 13.6. The van der Waals surface area contributed by atoms with E-state index >= 15 is 0 Å². The minimum absolute atomic E-state index is 0. The predicted molar refractivity (Wildman–Crippen MR) is 126 cm³/mol. The molecule has 2 aromatic carbocycles. The van der Waals surface area contributed by atoms with Gasteiger partial charge in [-0.25, -0.2) is 13.9 Å². The fourth-order valence-corrected chi connectivity index (χ4v) is 4.86. The predicted octanol–water partition coefficient (Wildman–Crippen LogP) is 2.91. The third-order valence-electron chi connectivity index (χ3n) is 4.94. The number of hydroxylamine groups is 1. The van der Waals surface area contributed by atoms with Crippen LogP contribution in [0.1, 0.15) is 24.8 Å². The fourth-order valence-electron chi connectivity index (χ4n) is 3.26. The zero-order chi connectivity index (χ0) is 22.9. The molecule has 2 rings (SSSR count). The highest BCUT2D eigenvalue weighted by atomic mass is 35.5. The molecular weight excluding hydrogens is 454 g/mol. The van der Waals surface area contributed by atoms with Crippen LogP contribution in [0, 0.1) is 0 Å². The van der Waals surface area contributed by atoms with Crippen molar-refractivity contribution in [2.45, 2.75) is 36.7 Å². The molecule has 2 N–H and O–H groups in total. The van der Waals surface area contributed by atoms with Gasteiger partial charge in [-0.2, -0.15) is 4.31 Å². The SMILES string of the molecule is COc1ccc(S(=O)(=O)N(Cc2ccccc2)[C@H](CCCCN(C)C)C(=O)NO)cc1.Cl. The third-order valence-corrected chi connectivity index (χ3v) is 6.81. The van der Waals surface area contributed by atoms with Gasteiger partial charge in [-0.05, 0) is 63.3 Å². The first kappa shape index (κ1) is 27.9. The maximum Gasteiger partial charge on any atom is 0.261 e. The summed E-state index contributed by atoms with van der Waals surface area (Å²) in [5, 5.41) is 9.32. The van der Waals surface area contributed by atoms with Gasteiger partial charge in [0.05, 0.1) is 12.0 Å². The van der Waals surface area contributed by atoms with Crippen molar-refractivity contribution in [3.05, 3.63) is 60.2 Å². The Kier molecular flexibility index (Phi) is 11.7. The van der Waals surface area contributed by atoms with Gasteiger partial charge < -0.3 is 9.64 Å². The van der Waals surface area contributed by atoms with Crippen LogP contribution < -0.4 is 10.2 Å². The zero-order valence-electron chi connectivity index (χ0n) is 18.6. The molecule has 0 saturated heterocycles. The van der Waals surface area contributed by atoms with Crippen molar-refractivity contribution in [1.29, 1.82) is 0 Å². The summed E-state index contributed by atoms with van der Waals surface area (Å²) < 4.78 is 33.4. The Morgan fingerprint density at radius 2 is 1.69 bits per heavy atom. The van der Waals surface area contributed by atoms with Gasteiger partial charge in [0.15, 0.2) is 0 Å². The number of rotatable bonds is 12. The molecule has 0 spiro atoms. The van der Waals surface area contributed by atoms with E-state index < -0.39 is 22.0 Å². The van der Waals surface area contributed by atoms with Gasteiger partial charge in [0, 0.05) is 6.54 Å². The van der Waals surface area contributed by atoms with Gasteiger partial charge in [0.1, 0.15) is 11.8 Å². The Morgan fingerprint density at radius 3 is 2.22 bits per heavy atom. The summed E-state index contributed by atoms with van der Waals surface area (Å²) in [5.41, 5.74) is 2.39. The van der Waals surface area contributed by atoms with Gasteiger partial charge >= 0.3 is 0 Å². The number of hydrogen-bond acceptors (Lipinski definition) is 6. The second-order valence-corrected chi connectivity index (χ2v) is 9.39. The quantitative estimate of drug-likeness (QED) is 0.272.